The summed E-state index contributed by atoms with van der Waals surface area (Å²) >= 11 is 5.99. The third kappa shape index (κ3) is 4.89. The van der Waals surface area contributed by atoms with Crippen molar-refractivity contribution in [2.75, 3.05) is 5.43 Å². The maximum atomic E-state index is 12.9. The standard InChI is InChI=1S/C21H16ClF3N2/c22-19-12-11-17(21(23,24)25)13-20(19)27-26-14-18(15-7-3-1-4-8-15)16-9-5-2-6-10-16/h1-14,18,27H/b26-14+. The maximum Gasteiger partial charge on any atom is 0.416 e. The van der Waals surface area contributed by atoms with Crippen LogP contribution in [0.4, 0.5) is 18.9 Å². The second-order valence-electron chi connectivity index (χ2n) is 5.88. The molecule has 1 N–H and O–H groups in total. The molecule has 0 heterocycles. The first-order valence-electron chi connectivity index (χ1n) is 8.21. The number of halogens is 4. The van der Waals surface area contributed by atoms with Gasteiger partial charge in [0.05, 0.1) is 16.3 Å². The van der Waals surface area contributed by atoms with Crippen molar-refractivity contribution in [3.8, 4) is 0 Å². The second-order valence-corrected chi connectivity index (χ2v) is 6.29. The Balaban J connectivity index is 1.86. The average molecular weight is 389 g/mol. The number of hydrogen-bond donors (Lipinski definition) is 1. The first-order valence-corrected chi connectivity index (χ1v) is 8.59. The molecule has 3 aromatic carbocycles. The molecule has 0 fully saturated rings. The van der Waals surface area contributed by atoms with Gasteiger partial charge in [0.25, 0.3) is 0 Å². The molecule has 0 saturated carbocycles. The highest BCUT2D eigenvalue weighted by Crippen LogP contribution is 2.34. The van der Waals surface area contributed by atoms with E-state index < -0.39 is 11.7 Å². The van der Waals surface area contributed by atoms with Crippen LogP contribution in [0.1, 0.15) is 22.6 Å². The topological polar surface area (TPSA) is 24.4 Å². The largest absolute Gasteiger partial charge is 0.416 e. The van der Waals surface area contributed by atoms with Crippen LogP contribution in [0.15, 0.2) is 84.0 Å². The van der Waals surface area contributed by atoms with Gasteiger partial charge < -0.3 is 0 Å². The van der Waals surface area contributed by atoms with Gasteiger partial charge in [0, 0.05) is 12.1 Å². The molecule has 6 heteroatoms. The Morgan fingerprint density at radius 1 is 0.852 bits per heavy atom. The SMILES string of the molecule is FC(F)(F)c1ccc(Cl)c(N/N=C/C(c2ccccc2)c2ccccc2)c1. The van der Waals surface area contributed by atoms with E-state index in [-0.39, 0.29) is 16.6 Å². The lowest BCUT2D eigenvalue weighted by Crippen LogP contribution is -2.06. The molecule has 0 amide bonds. The third-order valence-electron chi connectivity index (χ3n) is 4.02. The first kappa shape index (κ1) is 19.0. The number of hydrazone groups is 1. The zero-order valence-corrected chi connectivity index (χ0v) is 14.9. The Kier molecular flexibility index (Phi) is 5.81. The molecule has 3 aromatic rings. The lowest BCUT2D eigenvalue weighted by molar-refractivity contribution is -0.137. The average Bonchev–Trinajstić information content (AvgIpc) is 2.67. The van der Waals surface area contributed by atoms with Crippen molar-refractivity contribution in [1.29, 1.82) is 0 Å². The summed E-state index contributed by atoms with van der Waals surface area (Å²) in [5.41, 5.74) is 3.98. The van der Waals surface area contributed by atoms with Gasteiger partial charge in [-0.2, -0.15) is 18.3 Å². The van der Waals surface area contributed by atoms with Gasteiger partial charge in [-0.25, -0.2) is 0 Å². The van der Waals surface area contributed by atoms with Crippen molar-refractivity contribution >= 4 is 23.5 Å². The molecule has 2 nitrogen and oxygen atoms in total. The highest BCUT2D eigenvalue weighted by atomic mass is 35.5. The number of nitrogens with one attached hydrogen (secondary N) is 1. The minimum absolute atomic E-state index is 0.0996. The molecule has 0 atom stereocenters. The van der Waals surface area contributed by atoms with Gasteiger partial charge in [0.2, 0.25) is 0 Å². The zero-order chi connectivity index (χ0) is 19.3. The molecule has 0 saturated heterocycles. The molecule has 0 aliphatic heterocycles. The third-order valence-corrected chi connectivity index (χ3v) is 4.35. The molecule has 0 spiro atoms. The summed E-state index contributed by atoms with van der Waals surface area (Å²) in [6, 6.07) is 22.5. The molecule has 0 radical (unpaired) electrons. The van der Waals surface area contributed by atoms with E-state index in [4.69, 9.17) is 11.6 Å². The van der Waals surface area contributed by atoms with Crippen molar-refractivity contribution in [2.24, 2.45) is 5.10 Å². The summed E-state index contributed by atoms with van der Waals surface area (Å²) in [6.07, 6.45) is -2.79. The van der Waals surface area contributed by atoms with Crippen LogP contribution >= 0.6 is 11.6 Å². The van der Waals surface area contributed by atoms with Crippen molar-refractivity contribution < 1.29 is 13.2 Å². The second kappa shape index (κ2) is 8.27. The fourth-order valence-electron chi connectivity index (χ4n) is 2.65. The highest BCUT2D eigenvalue weighted by molar-refractivity contribution is 6.33. The van der Waals surface area contributed by atoms with Crippen LogP contribution < -0.4 is 5.43 Å². The summed E-state index contributed by atoms with van der Waals surface area (Å²) in [5.74, 6) is -0.149. The van der Waals surface area contributed by atoms with Crippen LogP contribution in [-0.4, -0.2) is 6.21 Å². The minimum atomic E-state index is -4.44. The van der Waals surface area contributed by atoms with E-state index in [2.05, 4.69) is 10.5 Å². The van der Waals surface area contributed by atoms with Crippen LogP contribution in [0, 0.1) is 0 Å². The number of alkyl halides is 3. The molecule has 27 heavy (non-hydrogen) atoms. The number of hydrogen-bond acceptors (Lipinski definition) is 2. The van der Waals surface area contributed by atoms with Crippen LogP contribution in [0.2, 0.25) is 5.02 Å². The number of benzene rings is 3. The summed E-state index contributed by atoms with van der Waals surface area (Å²) in [6.45, 7) is 0. The Morgan fingerprint density at radius 2 is 1.41 bits per heavy atom. The highest BCUT2D eigenvalue weighted by Gasteiger charge is 2.30. The fourth-order valence-corrected chi connectivity index (χ4v) is 2.81. The molecule has 0 aliphatic rings. The fraction of sp³-hybridized carbons (Fsp3) is 0.0952. The molecular weight excluding hydrogens is 373 g/mol. The predicted molar refractivity (Wildman–Crippen MR) is 103 cm³/mol. The molecule has 0 aliphatic carbocycles. The van der Waals surface area contributed by atoms with Crippen molar-refractivity contribution in [1.82, 2.24) is 0 Å². The number of rotatable bonds is 5. The van der Waals surface area contributed by atoms with Gasteiger partial charge in [-0.1, -0.05) is 72.3 Å². The maximum absolute atomic E-state index is 12.9. The van der Waals surface area contributed by atoms with Crippen LogP contribution in [0.25, 0.3) is 0 Å². The number of nitrogens with zero attached hydrogens (tertiary/aromatic N) is 1. The van der Waals surface area contributed by atoms with E-state index in [1.54, 1.807) is 6.21 Å². The molecule has 0 unspecified atom stereocenters. The summed E-state index contributed by atoms with van der Waals surface area (Å²) in [7, 11) is 0. The Hall–Kier alpha value is -2.79. The van der Waals surface area contributed by atoms with Crippen molar-refractivity contribution in [3.63, 3.8) is 0 Å². The van der Waals surface area contributed by atoms with Crippen LogP contribution in [0.5, 0.6) is 0 Å². The van der Waals surface area contributed by atoms with E-state index in [1.165, 1.54) is 6.07 Å². The van der Waals surface area contributed by atoms with E-state index in [9.17, 15) is 13.2 Å². The predicted octanol–water partition coefficient (Wildman–Crippen LogP) is 6.59. The lowest BCUT2D eigenvalue weighted by atomic mass is 9.92. The lowest BCUT2D eigenvalue weighted by Gasteiger charge is -2.14. The Labute approximate surface area is 160 Å². The van der Waals surface area contributed by atoms with Gasteiger partial charge in [-0.15, -0.1) is 0 Å². The Morgan fingerprint density at radius 3 is 1.93 bits per heavy atom. The minimum Gasteiger partial charge on any atom is -0.277 e. The monoisotopic (exact) mass is 388 g/mol. The van der Waals surface area contributed by atoms with Gasteiger partial charge >= 0.3 is 6.18 Å². The normalized spacial score (nSPS) is 11.9. The van der Waals surface area contributed by atoms with Gasteiger partial charge in [-0.05, 0) is 29.3 Å². The van der Waals surface area contributed by atoms with Crippen LogP contribution in [0.3, 0.4) is 0 Å². The molecule has 0 aromatic heterocycles. The molecular formula is C21H16ClF3N2. The van der Waals surface area contributed by atoms with Gasteiger partial charge in [0.1, 0.15) is 0 Å². The summed E-state index contributed by atoms with van der Waals surface area (Å²) in [5, 5.41) is 4.31. The first-order chi connectivity index (χ1) is 12.9. The van der Waals surface area contributed by atoms with E-state index in [0.29, 0.717) is 0 Å². The quantitative estimate of drug-likeness (QED) is 0.387. The molecule has 3 rings (SSSR count). The van der Waals surface area contributed by atoms with E-state index in [1.807, 2.05) is 60.7 Å². The number of anilines is 1. The van der Waals surface area contributed by atoms with Crippen LogP contribution in [-0.2, 0) is 6.18 Å². The Bertz CT molecular complexity index is 870. The van der Waals surface area contributed by atoms with E-state index in [0.717, 1.165) is 23.3 Å². The summed E-state index contributed by atoms with van der Waals surface area (Å²) < 4.78 is 38.7. The van der Waals surface area contributed by atoms with Crippen molar-refractivity contribution in [2.45, 2.75) is 12.1 Å². The van der Waals surface area contributed by atoms with E-state index >= 15 is 0 Å². The van der Waals surface area contributed by atoms with Gasteiger partial charge in [-0.3, -0.25) is 5.43 Å². The summed E-state index contributed by atoms with van der Waals surface area (Å²) in [4.78, 5) is 0. The molecule has 0 bridgehead atoms. The molecule has 138 valence electrons. The van der Waals surface area contributed by atoms with Gasteiger partial charge in [0.15, 0.2) is 0 Å². The smallest absolute Gasteiger partial charge is 0.277 e. The zero-order valence-electron chi connectivity index (χ0n) is 14.1. The van der Waals surface area contributed by atoms with Crippen molar-refractivity contribution in [3.05, 3.63) is 101 Å².